The molecule has 0 aromatic rings. The van der Waals surface area contributed by atoms with Gasteiger partial charge < -0.3 is 20.4 Å². The van der Waals surface area contributed by atoms with Gasteiger partial charge >= 0.3 is 0 Å². The number of nitrogens with zero attached hydrogens (tertiary/aromatic N) is 4. The van der Waals surface area contributed by atoms with Crippen molar-refractivity contribution < 1.29 is 0 Å². The van der Waals surface area contributed by atoms with Crippen LogP contribution < -0.4 is 10.6 Å². The van der Waals surface area contributed by atoms with Gasteiger partial charge in [-0.25, -0.2) is 0 Å². The molecular weight excluding hydrogens is 312 g/mol. The zero-order valence-electron chi connectivity index (χ0n) is 16.8. The molecule has 1 unspecified atom stereocenters. The van der Waals surface area contributed by atoms with Crippen molar-refractivity contribution in [1.82, 2.24) is 25.3 Å². The standard InChI is InChI=1S/C19H40N6/c1-4-20-19(22-17-18-9-6-14-25(18)5-2)21-10-7-12-24-13-8-11-23(3)15-16-24/h18H,4-17H2,1-3H3,(H2,20,21,22). The first-order chi connectivity index (χ1) is 12.2. The lowest BCUT2D eigenvalue weighted by molar-refractivity contribution is 0.272. The predicted molar refractivity (Wildman–Crippen MR) is 107 cm³/mol. The predicted octanol–water partition coefficient (Wildman–Crippen LogP) is 1.05. The van der Waals surface area contributed by atoms with Crippen molar-refractivity contribution in [3.63, 3.8) is 0 Å². The summed E-state index contributed by atoms with van der Waals surface area (Å²) >= 11 is 0. The Kier molecular flexibility index (Phi) is 9.58. The molecule has 2 aliphatic heterocycles. The molecule has 0 aromatic carbocycles. The maximum atomic E-state index is 4.84. The number of rotatable bonds is 8. The highest BCUT2D eigenvalue weighted by Crippen LogP contribution is 2.16. The second-order valence-corrected chi connectivity index (χ2v) is 7.42. The molecule has 0 bridgehead atoms. The molecule has 1 atom stereocenters. The third kappa shape index (κ3) is 7.50. The first kappa shape index (κ1) is 20.5. The molecule has 0 amide bonds. The van der Waals surface area contributed by atoms with Gasteiger partial charge in [0.1, 0.15) is 0 Å². The summed E-state index contributed by atoms with van der Waals surface area (Å²) in [5.41, 5.74) is 0. The van der Waals surface area contributed by atoms with E-state index in [0.29, 0.717) is 6.04 Å². The van der Waals surface area contributed by atoms with Crippen molar-refractivity contribution in [2.45, 2.75) is 45.6 Å². The number of guanidine groups is 1. The number of hydrogen-bond acceptors (Lipinski definition) is 4. The van der Waals surface area contributed by atoms with Crippen LogP contribution in [0, 0.1) is 0 Å². The molecule has 2 N–H and O–H groups in total. The zero-order valence-corrected chi connectivity index (χ0v) is 16.8. The van der Waals surface area contributed by atoms with Crippen LogP contribution in [0.2, 0.25) is 0 Å². The molecule has 2 rings (SSSR count). The first-order valence-electron chi connectivity index (χ1n) is 10.4. The van der Waals surface area contributed by atoms with Crippen LogP contribution in [0.15, 0.2) is 4.99 Å². The Morgan fingerprint density at radius 2 is 1.92 bits per heavy atom. The summed E-state index contributed by atoms with van der Waals surface area (Å²) in [6, 6.07) is 0.634. The van der Waals surface area contributed by atoms with Crippen LogP contribution in [0.1, 0.15) is 39.5 Å². The Labute approximate surface area is 155 Å². The molecule has 0 aromatic heterocycles. The molecule has 2 aliphatic rings. The summed E-state index contributed by atoms with van der Waals surface area (Å²) in [4.78, 5) is 12.4. The summed E-state index contributed by atoms with van der Waals surface area (Å²) in [7, 11) is 2.23. The summed E-state index contributed by atoms with van der Waals surface area (Å²) in [6.45, 7) is 15.7. The summed E-state index contributed by atoms with van der Waals surface area (Å²) in [5, 5.41) is 6.92. The van der Waals surface area contributed by atoms with Crippen molar-refractivity contribution in [2.24, 2.45) is 4.99 Å². The van der Waals surface area contributed by atoms with Gasteiger partial charge in [-0.05, 0) is 72.4 Å². The average molecular weight is 353 g/mol. The van der Waals surface area contributed by atoms with Gasteiger partial charge in [0.25, 0.3) is 0 Å². The third-order valence-electron chi connectivity index (χ3n) is 5.47. The van der Waals surface area contributed by atoms with Crippen LogP contribution in [0.25, 0.3) is 0 Å². The molecular formula is C19H40N6. The fourth-order valence-corrected chi connectivity index (χ4v) is 3.89. The number of likely N-dealkylation sites (N-methyl/N-ethyl adjacent to an activating group) is 2. The largest absolute Gasteiger partial charge is 0.357 e. The highest BCUT2D eigenvalue weighted by atomic mass is 15.2. The fourth-order valence-electron chi connectivity index (χ4n) is 3.89. The van der Waals surface area contributed by atoms with Crippen LogP contribution in [0.4, 0.5) is 0 Å². The minimum Gasteiger partial charge on any atom is -0.357 e. The molecule has 0 aliphatic carbocycles. The summed E-state index contributed by atoms with van der Waals surface area (Å²) < 4.78 is 0. The van der Waals surface area contributed by atoms with E-state index in [1.54, 1.807) is 0 Å². The lowest BCUT2D eigenvalue weighted by atomic mass is 10.2. The normalized spacial score (nSPS) is 24.4. The van der Waals surface area contributed by atoms with Crippen LogP contribution >= 0.6 is 0 Å². The lowest BCUT2D eigenvalue weighted by Gasteiger charge is -2.22. The molecule has 25 heavy (non-hydrogen) atoms. The molecule has 0 radical (unpaired) electrons. The summed E-state index contributed by atoms with van der Waals surface area (Å²) in [5.74, 6) is 0.987. The highest BCUT2D eigenvalue weighted by molar-refractivity contribution is 5.79. The van der Waals surface area contributed by atoms with Crippen LogP contribution in [-0.4, -0.2) is 99.2 Å². The number of likely N-dealkylation sites (tertiary alicyclic amines) is 1. The van der Waals surface area contributed by atoms with Gasteiger partial charge in [0.2, 0.25) is 0 Å². The SMILES string of the molecule is CCNC(=NCC1CCCN1CC)NCCCN1CCCN(C)CC1. The Bertz CT molecular complexity index is 386. The van der Waals surface area contributed by atoms with Crippen LogP contribution in [-0.2, 0) is 0 Å². The fraction of sp³-hybridized carbons (Fsp3) is 0.947. The molecule has 6 heteroatoms. The van der Waals surface area contributed by atoms with Gasteiger partial charge in [0.15, 0.2) is 5.96 Å². The van der Waals surface area contributed by atoms with E-state index in [0.717, 1.165) is 32.1 Å². The molecule has 0 spiro atoms. The van der Waals surface area contributed by atoms with Gasteiger partial charge in [-0.2, -0.15) is 0 Å². The van der Waals surface area contributed by atoms with Crippen LogP contribution in [0.3, 0.4) is 0 Å². The van der Waals surface area contributed by atoms with Crippen molar-refractivity contribution in [3.05, 3.63) is 0 Å². The topological polar surface area (TPSA) is 46.1 Å². The maximum absolute atomic E-state index is 4.84. The second kappa shape index (κ2) is 11.7. The van der Waals surface area contributed by atoms with Gasteiger partial charge in [0, 0.05) is 32.2 Å². The average Bonchev–Trinajstić information content (AvgIpc) is 2.97. The molecule has 6 nitrogen and oxygen atoms in total. The van der Waals surface area contributed by atoms with E-state index < -0.39 is 0 Å². The maximum Gasteiger partial charge on any atom is 0.191 e. The quantitative estimate of drug-likeness (QED) is 0.388. The number of hydrogen-bond donors (Lipinski definition) is 2. The molecule has 0 saturated carbocycles. The minimum absolute atomic E-state index is 0.634. The van der Waals surface area contributed by atoms with E-state index in [-0.39, 0.29) is 0 Å². The van der Waals surface area contributed by atoms with Crippen LogP contribution in [0.5, 0.6) is 0 Å². The van der Waals surface area contributed by atoms with Crippen molar-refractivity contribution in [1.29, 1.82) is 0 Å². The highest BCUT2D eigenvalue weighted by Gasteiger charge is 2.22. The van der Waals surface area contributed by atoms with Gasteiger partial charge in [-0.15, -0.1) is 0 Å². The van der Waals surface area contributed by atoms with Crippen molar-refractivity contribution in [3.8, 4) is 0 Å². The Hall–Kier alpha value is -0.850. The van der Waals surface area contributed by atoms with Crippen molar-refractivity contribution in [2.75, 3.05) is 72.5 Å². The number of aliphatic imine (C=N–C) groups is 1. The van der Waals surface area contributed by atoms with E-state index >= 15 is 0 Å². The molecule has 2 heterocycles. The lowest BCUT2D eigenvalue weighted by Crippen LogP contribution is -2.40. The van der Waals surface area contributed by atoms with E-state index in [1.165, 1.54) is 65.0 Å². The Morgan fingerprint density at radius 1 is 1.04 bits per heavy atom. The second-order valence-electron chi connectivity index (χ2n) is 7.42. The number of nitrogens with one attached hydrogen (secondary N) is 2. The van der Waals surface area contributed by atoms with E-state index in [1.807, 2.05) is 0 Å². The monoisotopic (exact) mass is 352 g/mol. The van der Waals surface area contributed by atoms with Crippen molar-refractivity contribution >= 4 is 5.96 Å². The van der Waals surface area contributed by atoms with Gasteiger partial charge in [-0.1, -0.05) is 6.92 Å². The van der Waals surface area contributed by atoms with E-state index in [4.69, 9.17) is 4.99 Å². The van der Waals surface area contributed by atoms with Gasteiger partial charge in [-0.3, -0.25) is 9.89 Å². The smallest absolute Gasteiger partial charge is 0.191 e. The zero-order chi connectivity index (χ0) is 17.9. The molecule has 2 saturated heterocycles. The van der Waals surface area contributed by atoms with E-state index in [2.05, 4.69) is 46.2 Å². The first-order valence-corrected chi connectivity index (χ1v) is 10.4. The van der Waals surface area contributed by atoms with E-state index in [9.17, 15) is 0 Å². The Morgan fingerprint density at radius 3 is 2.72 bits per heavy atom. The summed E-state index contributed by atoms with van der Waals surface area (Å²) in [6.07, 6.45) is 5.09. The third-order valence-corrected chi connectivity index (χ3v) is 5.47. The minimum atomic E-state index is 0.634. The Balaban J connectivity index is 1.67. The van der Waals surface area contributed by atoms with Gasteiger partial charge in [0.05, 0.1) is 6.54 Å². The molecule has 146 valence electrons. The molecule has 2 fully saturated rings.